The van der Waals surface area contributed by atoms with E-state index < -0.39 is 0 Å². The predicted molar refractivity (Wildman–Crippen MR) is 105 cm³/mol. The molecule has 1 N–H and O–H groups in total. The molecule has 0 radical (unpaired) electrons. The molecular formula is C19H15BrN4O4. The van der Waals surface area contributed by atoms with Crippen molar-refractivity contribution in [2.45, 2.75) is 6.92 Å². The average molecular weight is 443 g/mol. The highest BCUT2D eigenvalue weighted by Gasteiger charge is 2.27. The molecule has 1 aliphatic rings. The van der Waals surface area contributed by atoms with Crippen LogP contribution >= 0.6 is 15.9 Å². The van der Waals surface area contributed by atoms with E-state index in [0.717, 1.165) is 4.47 Å². The number of carbonyl (C=O) groups excluding carboxylic acids is 2. The third-order valence-corrected chi connectivity index (χ3v) is 4.63. The van der Waals surface area contributed by atoms with Crippen molar-refractivity contribution in [3.05, 3.63) is 52.8 Å². The molecule has 0 spiro atoms. The predicted octanol–water partition coefficient (Wildman–Crippen LogP) is 3.17. The van der Waals surface area contributed by atoms with Gasteiger partial charge >= 0.3 is 0 Å². The van der Waals surface area contributed by atoms with Crippen LogP contribution in [0.2, 0.25) is 0 Å². The number of amides is 2. The lowest BCUT2D eigenvalue weighted by Gasteiger charge is -2.29. The van der Waals surface area contributed by atoms with Gasteiger partial charge in [0.05, 0.1) is 11.4 Å². The minimum Gasteiger partial charge on any atom is -0.482 e. The van der Waals surface area contributed by atoms with Gasteiger partial charge in [-0.05, 0) is 30.3 Å². The van der Waals surface area contributed by atoms with E-state index in [1.54, 1.807) is 43.3 Å². The van der Waals surface area contributed by atoms with Crippen LogP contribution in [0.5, 0.6) is 5.75 Å². The van der Waals surface area contributed by atoms with E-state index in [4.69, 9.17) is 9.26 Å². The van der Waals surface area contributed by atoms with E-state index in [1.165, 1.54) is 4.90 Å². The Bertz CT molecular complexity index is 1070. The van der Waals surface area contributed by atoms with Crippen LogP contribution in [0.25, 0.3) is 11.4 Å². The lowest BCUT2D eigenvalue weighted by molar-refractivity contribution is -0.123. The molecule has 28 heavy (non-hydrogen) atoms. The Kier molecular flexibility index (Phi) is 4.82. The molecular weight excluding hydrogens is 428 g/mol. The normalized spacial score (nSPS) is 13.1. The smallest absolute Gasteiger partial charge is 0.265 e. The fraction of sp³-hybridized carbons (Fsp3) is 0.158. The Labute approximate surface area is 168 Å². The maximum atomic E-state index is 12.7. The zero-order valence-corrected chi connectivity index (χ0v) is 16.4. The van der Waals surface area contributed by atoms with Crippen LogP contribution in [-0.2, 0) is 9.59 Å². The molecule has 3 aromatic rings. The number of aromatic nitrogens is 2. The Morgan fingerprint density at radius 3 is 2.89 bits per heavy atom. The number of para-hydroxylation sites is 1. The average Bonchev–Trinajstić information content (AvgIpc) is 3.10. The quantitative estimate of drug-likeness (QED) is 0.666. The number of hydrogen-bond acceptors (Lipinski definition) is 6. The first kappa shape index (κ1) is 18.2. The molecule has 4 rings (SSSR count). The van der Waals surface area contributed by atoms with Gasteiger partial charge in [0.25, 0.3) is 5.91 Å². The van der Waals surface area contributed by atoms with Gasteiger partial charge in [0.1, 0.15) is 12.3 Å². The van der Waals surface area contributed by atoms with Crippen LogP contribution < -0.4 is 15.0 Å². The maximum absolute atomic E-state index is 12.7. The van der Waals surface area contributed by atoms with Gasteiger partial charge in [0.15, 0.2) is 6.61 Å². The van der Waals surface area contributed by atoms with E-state index in [1.807, 2.05) is 6.07 Å². The number of carbonyl (C=O) groups is 2. The van der Waals surface area contributed by atoms with Crippen LogP contribution in [0.1, 0.15) is 5.89 Å². The molecule has 0 saturated heterocycles. The number of halogens is 1. The van der Waals surface area contributed by atoms with Crippen molar-refractivity contribution in [2.75, 3.05) is 23.4 Å². The lowest BCUT2D eigenvalue weighted by Crippen LogP contribution is -2.43. The monoisotopic (exact) mass is 442 g/mol. The van der Waals surface area contributed by atoms with Gasteiger partial charge in [-0.2, -0.15) is 4.98 Å². The topological polar surface area (TPSA) is 97.6 Å². The van der Waals surface area contributed by atoms with E-state index in [0.29, 0.717) is 34.4 Å². The molecule has 0 aliphatic carbocycles. The van der Waals surface area contributed by atoms with Crippen LogP contribution in [0.4, 0.5) is 11.4 Å². The largest absolute Gasteiger partial charge is 0.482 e. The summed E-state index contributed by atoms with van der Waals surface area (Å²) < 4.78 is 11.3. The van der Waals surface area contributed by atoms with Crippen LogP contribution in [0, 0.1) is 6.92 Å². The number of hydrogen-bond donors (Lipinski definition) is 1. The maximum Gasteiger partial charge on any atom is 0.265 e. The third kappa shape index (κ3) is 3.61. The van der Waals surface area contributed by atoms with E-state index in [2.05, 4.69) is 31.4 Å². The Hall–Kier alpha value is -3.20. The fourth-order valence-corrected chi connectivity index (χ4v) is 3.22. The van der Waals surface area contributed by atoms with Crippen molar-refractivity contribution in [1.29, 1.82) is 0 Å². The number of aryl methyl sites for hydroxylation is 1. The second-order valence-corrected chi connectivity index (χ2v) is 7.03. The van der Waals surface area contributed by atoms with Gasteiger partial charge < -0.3 is 14.6 Å². The molecule has 0 fully saturated rings. The highest BCUT2D eigenvalue weighted by Crippen LogP contribution is 2.34. The zero-order valence-electron chi connectivity index (χ0n) is 14.8. The van der Waals surface area contributed by atoms with E-state index in [-0.39, 0.29) is 25.0 Å². The van der Waals surface area contributed by atoms with Gasteiger partial charge in [-0.1, -0.05) is 33.2 Å². The SMILES string of the molecule is Cc1nc(-c2ccccc2NC(=O)CN2C(=O)COc3cc(Br)ccc32)no1. The van der Waals surface area contributed by atoms with Crippen molar-refractivity contribution in [3.8, 4) is 17.1 Å². The van der Waals surface area contributed by atoms with Crippen molar-refractivity contribution in [3.63, 3.8) is 0 Å². The summed E-state index contributed by atoms with van der Waals surface area (Å²) in [4.78, 5) is 30.6. The summed E-state index contributed by atoms with van der Waals surface area (Å²) in [7, 11) is 0. The van der Waals surface area contributed by atoms with Crippen LogP contribution in [0.3, 0.4) is 0 Å². The van der Waals surface area contributed by atoms with Gasteiger partial charge in [0.2, 0.25) is 17.6 Å². The molecule has 2 aromatic carbocycles. The Balaban J connectivity index is 1.56. The summed E-state index contributed by atoms with van der Waals surface area (Å²) in [6.07, 6.45) is 0. The van der Waals surface area contributed by atoms with Crippen molar-refractivity contribution < 1.29 is 18.8 Å². The second-order valence-electron chi connectivity index (χ2n) is 6.11. The standard InChI is InChI=1S/C19H15BrN4O4/c1-11-21-19(23-28-11)13-4-2-3-5-14(13)22-17(25)9-24-15-7-6-12(20)8-16(15)27-10-18(24)26/h2-8H,9-10H2,1H3,(H,22,25). The van der Waals surface area contributed by atoms with E-state index in [9.17, 15) is 9.59 Å². The summed E-state index contributed by atoms with van der Waals surface area (Å²) in [5.74, 6) is 0.720. The molecule has 2 heterocycles. The first-order valence-electron chi connectivity index (χ1n) is 8.43. The molecule has 142 valence electrons. The van der Waals surface area contributed by atoms with Crippen LogP contribution in [0.15, 0.2) is 51.5 Å². The zero-order chi connectivity index (χ0) is 19.7. The first-order chi connectivity index (χ1) is 13.5. The molecule has 2 amide bonds. The van der Waals surface area contributed by atoms with Gasteiger partial charge in [0, 0.05) is 17.0 Å². The number of rotatable bonds is 4. The van der Waals surface area contributed by atoms with Crippen molar-refractivity contribution in [1.82, 2.24) is 10.1 Å². The third-order valence-electron chi connectivity index (χ3n) is 4.14. The van der Waals surface area contributed by atoms with Gasteiger partial charge in [-0.15, -0.1) is 0 Å². The summed E-state index contributed by atoms with van der Waals surface area (Å²) >= 11 is 3.37. The highest BCUT2D eigenvalue weighted by molar-refractivity contribution is 9.10. The van der Waals surface area contributed by atoms with Crippen LogP contribution in [-0.4, -0.2) is 35.1 Å². The number of ether oxygens (including phenoxy) is 1. The Morgan fingerprint density at radius 2 is 2.11 bits per heavy atom. The molecule has 9 heteroatoms. The molecule has 0 atom stereocenters. The van der Waals surface area contributed by atoms with Crippen molar-refractivity contribution >= 4 is 39.1 Å². The minimum absolute atomic E-state index is 0.116. The molecule has 0 saturated carbocycles. The molecule has 1 aliphatic heterocycles. The molecule has 0 bridgehead atoms. The van der Waals surface area contributed by atoms with Gasteiger partial charge in [-0.25, -0.2) is 0 Å². The Morgan fingerprint density at radius 1 is 1.29 bits per heavy atom. The number of anilines is 2. The first-order valence-corrected chi connectivity index (χ1v) is 9.23. The minimum atomic E-state index is -0.350. The molecule has 1 aromatic heterocycles. The molecule has 0 unspecified atom stereocenters. The second kappa shape index (κ2) is 7.43. The number of nitrogens with one attached hydrogen (secondary N) is 1. The summed E-state index contributed by atoms with van der Waals surface area (Å²) in [6.45, 7) is 1.43. The summed E-state index contributed by atoms with van der Waals surface area (Å²) in [5, 5.41) is 6.72. The fourth-order valence-electron chi connectivity index (χ4n) is 2.88. The lowest BCUT2D eigenvalue weighted by atomic mass is 10.1. The summed E-state index contributed by atoms with van der Waals surface area (Å²) in [5.41, 5.74) is 1.71. The number of fused-ring (bicyclic) bond motifs is 1. The van der Waals surface area contributed by atoms with Crippen molar-refractivity contribution in [2.24, 2.45) is 0 Å². The summed E-state index contributed by atoms with van der Waals surface area (Å²) in [6, 6.07) is 12.4. The number of benzene rings is 2. The van der Waals surface area contributed by atoms with Gasteiger partial charge in [-0.3, -0.25) is 14.5 Å². The highest BCUT2D eigenvalue weighted by atomic mass is 79.9. The van der Waals surface area contributed by atoms with E-state index >= 15 is 0 Å². The molecule has 8 nitrogen and oxygen atoms in total. The number of nitrogens with zero attached hydrogens (tertiary/aromatic N) is 3.